The van der Waals surface area contributed by atoms with E-state index in [1.807, 2.05) is 30.3 Å². The van der Waals surface area contributed by atoms with E-state index in [9.17, 15) is 14.4 Å². The summed E-state index contributed by atoms with van der Waals surface area (Å²) in [6.07, 6.45) is 4.46. The summed E-state index contributed by atoms with van der Waals surface area (Å²) in [4.78, 5) is 38.8. The van der Waals surface area contributed by atoms with Crippen molar-refractivity contribution < 1.29 is 19.1 Å². The first kappa shape index (κ1) is 18.7. The molecular formula is C19H24N2O4. The number of ether oxygens (including phenoxy) is 1. The summed E-state index contributed by atoms with van der Waals surface area (Å²) >= 11 is 0. The van der Waals surface area contributed by atoms with Gasteiger partial charge in [-0.15, -0.1) is 0 Å². The Labute approximate surface area is 148 Å². The predicted octanol–water partition coefficient (Wildman–Crippen LogP) is 1.57. The van der Waals surface area contributed by atoms with Crippen LogP contribution in [0.15, 0.2) is 36.4 Å². The number of carbonyl (C=O) groups is 3. The monoisotopic (exact) mass is 344 g/mol. The zero-order valence-electron chi connectivity index (χ0n) is 14.7. The number of hydrogen-bond donors (Lipinski definition) is 0. The third-order valence-electron chi connectivity index (χ3n) is 4.19. The van der Waals surface area contributed by atoms with Gasteiger partial charge in [0.1, 0.15) is 0 Å². The Morgan fingerprint density at radius 3 is 2.40 bits per heavy atom. The van der Waals surface area contributed by atoms with E-state index in [0.29, 0.717) is 25.9 Å². The molecule has 0 atom stereocenters. The van der Waals surface area contributed by atoms with E-state index in [0.717, 1.165) is 5.56 Å². The van der Waals surface area contributed by atoms with Crippen LogP contribution in [0.1, 0.15) is 18.4 Å². The Morgan fingerprint density at radius 2 is 1.80 bits per heavy atom. The molecule has 0 unspecified atom stereocenters. The van der Waals surface area contributed by atoms with Gasteiger partial charge in [-0.2, -0.15) is 0 Å². The molecule has 6 heteroatoms. The summed E-state index contributed by atoms with van der Waals surface area (Å²) in [5.41, 5.74) is 0.972. The van der Waals surface area contributed by atoms with Crippen molar-refractivity contribution in [2.24, 2.45) is 5.92 Å². The molecule has 0 aliphatic carbocycles. The van der Waals surface area contributed by atoms with Gasteiger partial charge in [-0.1, -0.05) is 30.3 Å². The van der Waals surface area contributed by atoms with E-state index in [1.165, 1.54) is 4.90 Å². The number of likely N-dealkylation sites (tertiary alicyclic amines) is 1. The quantitative estimate of drug-likeness (QED) is 0.601. The fourth-order valence-corrected chi connectivity index (χ4v) is 2.55. The highest BCUT2D eigenvalue weighted by molar-refractivity contribution is 5.92. The average Bonchev–Trinajstić information content (AvgIpc) is 2.64. The molecule has 1 aromatic carbocycles. The summed E-state index contributed by atoms with van der Waals surface area (Å²) < 4.78 is 5.06. The normalized spacial score (nSPS) is 15.2. The molecule has 1 saturated heterocycles. The lowest BCUT2D eigenvalue weighted by Gasteiger charge is -2.30. The highest BCUT2D eigenvalue weighted by atomic mass is 16.5. The van der Waals surface area contributed by atoms with E-state index in [-0.39, 0.29) is 30.3 Å². The smallest absolute Gasteiger partial charge is 0.309 e. The van der Waals surface area contributed by atoms with E-state index in [2.05, 4.69) is 0 Å². The first-order valence-corrected chi connectivity index (χ1v) is 8.36. The van der Waals surface area contributed by atoms with Gasteiger partial charge in [0.05, 0.1) is 5.92 Å². The Bertz CT molecular complexity index is 632. The second-order valence-corrected chi connectivity index (χ2v) is 6.24. The minimum atomic E-state index is -0.359. The number of esters is 1. The molecule has 2 amide bonds. The van der Waals surface area contributed by atoms with Crippen molar-refractivity contribution in [1.29, 1.82) is 0 Å². The van der Waals surface area contributed by atoms with Crippen LogP contribution in [0.3, 0.4) is 0 Å². The number of rotatable bonds is 5. The molecule has 1 aromatic rings. The number of likely N-dealkylation sites (N-methyl/N-ethyl adjacent to an activating group) is 1. The number of benzene rings is 1. The third kappa shape index (κ3) is 5.74. The van der Waals surface area contributed by atoms with Gasteiger partial charge < -0.3 is 14.5 Å². The third-order valence-corrected chi connectivity index (χ3v) is 4.19. The molecule has 0 bridgehead atoms. The zero-order chi connectivity index (χ0) is 18.2. The van der Waals surface area contributed by atoms with Gasteiger partial charge in [0.15, 0.2) is 6.61 Å². The standard InChI is InChI=1S/C19H24N2O4/c1-20(2)18(23)14-25-19(24)16-10-12-21(13-11-16)17(22)9-8-15-6-4-3-5-7-15/h3-9,16H,10-14H2,1-2H3/b9-8+. The second kappa shape index (κ2) is 9.01. The molecule has 25 heavy (non-hydrogen) atoms. The molecule has 6 nitrogen and oxygen atoms in total. The van der Waals surface area contributed by atoms with Crippen LogP contribution in [0.5, 0.6) is 0 Å². The lowest BCUT2D eigenvalue weighted by Crippen LogP contribution is -2.40. The van der Waals surface area contributed by atoms with Crippen molar-refractivity contribution in [3.05, 3.63) is 42.0 Å². The van der Waals surface area contributed by atoms with Gasteiger partial charge in [0.2, 0.25) is 5.91 Å². The maximum atomic E-state index is 12.2. The topological polar surface area (TPSA) is 66.9 Å². The first-order valence-electron chi connectivity index (χ1n) is 8.36. The van der Waals surface area contributed by atoms with Crippen LogP contribution >= 0.6 is 0 Å². The van der Waals surface area contributed by atoms with Crippen LogP contribution in [-0.2, 0) is 19.1 Å². The fourth-order valence-electron chi connectivity index (χ4n) is 2.55. The average molecular weight is 344 g/mol. The lowest BCUT2D eigenvalue weighted by molar-refractivity contribution is -0.156. The van der Waals surface area contributed by atoms with Crippen molar-refractivity contribution in [2.75, 3.05) is 33.8 Å². The Hall–Kier alpha value is -2.63. The lowest BCUT2D eigenvalue weighted by atomic mass is 9.97. The number of nitrogens with zero attached hydrogens (tertiary/aromatic N) is 2. The highest BCUT2D eigenvalue weighted by Gasteiger charge is 2.28. The molecule has 1 heterocycles. The summed E-state index contributed by atoms with van der Waals surface area (Å²) in [5, 5.41) is 0. The van der Waals surface area contributed by atoms with Crippen molar-refractivity contribution in [1.82, 2.24) is 9.80 Å². The number of carbonyl (C=O) groups excluding carboxylic acids is 3. The van der Waals surface area contributed by atoms with Crippen LogP contribution < -0.4 is 0 Å². The van der Waals surface area contributed by atoms with E-state index >= 15 is 0 Å². The molecule has 0 saturated carbocycles. The van der Waals surface area contributed by atoms with Crippen molar-refractivity contribution in [2.45, 2.75) is 12.8 Å². The molecule has 1 aliphatic rings. The maximum absolute atomic E-state index is 12.2. The zero-order valence-corrected chi connectivity index (χ0v) is 14.7. The van der Waals surface area contributed by atoms with Crippen LogP contribution in [-0.4, -0.2) is 61.4 Å². The minimum Gasteiger partial charge on any atom is -0.455 e. The SMILES string of the molecule is CN(C)C(=O)COC(=O)C1CCN(C(=O)/C=C/c2ccccc2)CC1. The molecule has 2 rings (SSSR count). The molecule has 0 N–H and O–H groups in total. The minimum absolute atomic E-state index is 0.0570. The summed E-state index contributed by atoms with van der Waals surface area (Å²) in [6.45, 7) is 0.795. The molecule has 1 fully saturated rings. The van der Waals surface area contributed by atoms with E-state index < -0.39 is 0 Å². The molecular weight excluding hydrogens is 320 g/mol. The van der Waals surface area contributed by atoms with Crippen LogP contribution in [0, 0.1) is 5.92 Å². The Balaban J connectivity index is 1.77. The maximum Gasteiger partial charge on any atom is 0.309 e. The first-order chi connectivity index (χ1) is 12.0. The predicted molar refractivity (Wildman–Crippen MR) is 94.4 cm³/mol. The van der Waals surface area contributed by atoms with Crippen molar-refractivity contribution >= 4 is 23.9 Å². The van der Waals surface area contributed by atoms with Gasteiger partial charge in [0.25, 0.3) is 5.91 Å². The van der Waals surface area contributed by atoms with Crippen LogP contribution in [0.25, 0.3) is 6.08 Å². The van der Waals surface area contributed by atoms with Gasteiger partial charge in [-0.05, 0) is 24.5 Å². The summed E-state index contributed by atoms with van der Waals surface area (Å²) in [5.74, 6) is -0.912. The summed E-state index contributed by atoms with van der Waals surface area (Å²) in [7, 11) is 3.23. The highest BCUT2D eigenvalue weighted by Crippen LogP contribution is 2.19. The van der Waals surface area contributed by atoms with Gasteiger partial charge in [-0.3, -0.25) is 14.4 Å². The Kier molecular flexibility index (Phi) is 6.74. The molecule has 1 aliphatic heterocycles. The molecule has 0 aromatic heterocycles. The Morgan fingerprint density at radius 1 is 1.16 bits per heavy atom. The summed E-state index contributed by atoms with van der Waals surface area (Å²) in [6, 6.07) is 9.63. The fraction of sp³-hybridized carbons (Fsp3) is 0.421. The largest absolute Gasteiger partial charge is 0.455 e. The molecule has 134 valence electrons. The van der Waals surface area contributed by atoms with Gasteiger partial charge in [0, 0.05) is 33.3 Å². The number of piperidine rings is 1. The van der Waals surface area contributed by atoms with Crippen molar-refractivity contribution in [3.63, 3.8) is 0 Å². The number of hydrogen-bond acceptors (Lipinski definition) is 4. The van der Waals surface area contributed by atoms with Gasteiger partial charge in [-0.25, -0.2) is 0 Å². The van der Waals surface area contributed by atoms with Crippen LogP contribution in [0.2, 0.25) is 0 Å². The van der Waals surface area contributed by atoms with E-state index in [1.54, 1.807) is 31.1 Å². The van der Waals surface area contributed by atoms with Crippen molar-refractivity contribution in [3.8, 4) is 0 Å². The number of amides is 2. The van der Waals surface area contributed by atoms with E-state index in [4.69, 9.17) is 4.74 Å². The molecule has 0 spiro atoms. The molecule has 0 radical (unpaired) electrons. The van der Waals surface area contributed by atoms with Gasteiger partial charge >= 0.3 is 5.97 Å². The van der Waals surface area contributed by atoms with Crippen LogP contribution in [0.4, 0.5) is 0 Å². The second-order valence-electron chi connectivity index (χ2n) is 6.24.